The van der Waals surface area contributed by atoms with Gasteiger partial charge in [0.2, 0.25) is 5.95 Å². The van der Waals surface area contributed by atoms with Crippen molar-refractivity contribution in [2.24, 2.45) is 5.10 Å². The van der Waals surface area contributed by atoms with Gasteiger partial charge in [-0.25, -0.2) is 10.4 Å². The molecule has 1 aliphatic rings. The highest BCUT2D eigenvalue weighted by atomic mass is 16.6. The largest absolute Gasteiger partial charge is 0.394 e. The van der Waals surface area contributed by atoms with Crippen molar-refractivity contribution in [2.45, 2.75) is 24.5 Å². The first kappa shape index (κ1) is 19.7. The van der Waals surface area contributed by atoms with Crippen molar-refractivity contribution in [2.75, 3.05) is 17.8 Å². The van der Waals surface area contributed by atoms with E-state index in [9.17, 15) is 15.3 Å². The van der Waals surface area contributed by atoms with Crippen LogP contribution in [-0.2, 0) is 4.74 Å². The summed E-state index contributed by atoms with van der Waals surface area (Å²) >= 11 is 0. The number of nitrogens with two attached hydrogens (primary N) is 1. The first-order valence-corrected chi connectivity index (χ1v) is 8.94. The quantitative estimate of drug-likeness (QED) is 0.267. The fourth-order valence-electron chi connectivity index (χ4n) is 3.16. The SMILES string of the molecule is N#Cc1ccccc1/C=N/Nc1nc(N)c2ncn(C3OC(CO)C(O)C3O)c2n1. The van der Waals surface area contributed by atoms with E-state index >= 15 is 0 Å². The number of aliphatic hydroxyl groups excluding tert-OH is 3. The molecule has 6 N–H and O–H groups in total. The number of fused-ring (bicyclic) bond motifs is 1. The lowest BCUT2D eigenvalue weighted by Crippen LogP contribution is -2.33. The van der Waals surface area contributed by atoms with E-state index in [2.05, 4.69) is 31.5 Å². The normalized spacial score (nSPS) is 23.8. The minimum Gasteiger partial charge on any atom is -0.394 e. The lowest BCUT2D eigenvalue weighted by atomic mass is 10.1. The van der Waals surface area contributed by atoms with E-state index in [0.29, 0.717) is 11.1 Å². The Labute approximate surface area is 169 Å². The molecule has 1 saturated heterocycles. The number of aliphatic hydroxyl groups is 3. The van der Waals surface area contributed by atoms with E-state index < -0.39 is 31.1 Å². The predicted molar refractivity (Wildman–Crippen MR) is 105 cm³/mol. The van der Waals surface area contributed by atoms with E-state index in [1.54, 1.807) is 24.3 Å². The third-order valence-electron chi connectivity index (χ3n) is 4.69. The lowest BCUT2D eigenvalue weighted by molar-refractivity contribution is -0.0511. The van der Waals surface area contributed by atoms with Gasteiger partial charge in [-0.1, -0.05) is 18.2 Å². The number of anilines is 2. The molecule has 1 aliphatic heterocycles. The third-order valence-corrected chi connectivity index (χ3v) is 4.69. The Hall–Kier alpha value is -3.63. The van der Waals surface area contributed by atoms with Crippen molar-refractivity contribution < 1.29 is 20.1 Å². The van der Waals surface area contributed by atoms with E-state index in [-0.39, 0.29) is 22.9 Å². The Balaban J connectivity index is 1.63. The summed E-state index contributed by atoms with van der Waals surface area (Å²) in [6.45, 7) is -0.454. The summed E-state index contributed by atoms with van der Waals surface area (Å²) in [7, 11) is 0. The van der Waals surface area contributed by atoms with E-state index in [0.717, 1.165) is 0 Å². The maximum atomic E-state index is 10.3. The van der Waals surface area contributed by atoms with Crippen molar-refractivity contribution in [3.8, 4) is 6.07 Å². The molecule has 12 heteroatoms. The van der Waals surface area contributed by atoms with Crippen LogP contribution in [0.1, 0.15) is 17.4 Å². The fourth-order valence-corrected chi connectivity index (χ4v) is 3.16. The average Bonchev–Trinajstić information content (AvgIpc) is 3.30. The summed E-state index contributed by atoms with van der Waals surface area (Å²) in [5.74, 6) is 0.125. The Bertz CT molecular complexity index is 1140. The molecule has 3 aromatic rings. The molecule has 1 fully saturated rings. The number of nitrogen functional groups attached to an aromatic ring is 1. The molecule has 1 aromatic carbocycles. The van der Waals surface area contributed by atoms with Gasteiger partial charge in [0, 0.05) is 5.56 Å². The summed E-state index contributed by atoms with van der Waals surface area (Å²) in [6.07, 6.45) is -1.72. The summed E-state index contributed by atoms with van der Waals surface area (Å²) in [6, 6.07) is 9.00. The highest BCUT2D eigenvalue weighted by Gasteiger charge is 2.44. The van der Waals surface area contributed by atoms with Gasteiger partial charge in [0.15, 0.2) is 17.7 Å². The Kier molecular flexibility index (Phi) is 5.25. The molecule has 0 amide bonds. The summed E-state index contributed by atoms with van der Waals surface area (Å²) in [4.78, 5) is 12.5. The van der Waals surface area contributed by atoms with Gasteiger partial charge in [0.25, 0.3) is 0 Å². The molecule has 0 saturated carbocycles. The second-order valence-electron chi connectivity index (χ2n) is 6.55. The van der Waals surface area contributed by atoms with Gasteiger partial charge in [-0.15, -0.1) is 0 Å². The lowest BCUT2D eigenvalue weighted by Gasteiger charge is -2.16. The number of hydrazone groups is 1. The first-order chi connectivity index (χ1) is 14.5. The van der Waals surface area contributed by atoms with Crippen LogP contribution in [0, 0.1) is 11.3 Å². The maximum Gasteiger partial charge on any atom is 0.247 e. The van der Waals surface area contributed by atoms with E-state index in [4.69, 9.17) is 15.7 Å². The van der Waals surface area contributed by atoms with Gasteiger partial charge in [0.1, 0.15) is 23.8 Å². The highest BCUT2D eigenvalue weighted by molar-refractivity contribution is 5.84. The maximum absolute atomic E-state index is 10.3. The Morgan fingerprint density at radius 3 is 2.83 bits per heavy atom. The number of nitrogens with one attached hydrogen (secondary N) is 1. The molecule has 154 valence electrons. The molecular weight excluding hydrogens is 392 g/mol. The topological polar surface area (TPSA) is 188 Å². The molecule has 4 atom stereocenters. The molecular formula is C18H18N8O4. The van der Waals surface area contributed by atoms with Crippen LogP contribution in [0.25, 0.3) is 11.2 Å². The number of ether oxygens (including phenoxy) is 1. The predicted octanol–water partition coefficient (Wildman–Crippen LogP) is -0.662. The van der Waals surface area contributed by atoms with Gasteiger partial charge in [-0.3, -0.25) is 4.57 Å². The minimum absolute atomic E-state index is 0.0548. The summed E-state index contributed by atoms with van der Waals surface area (Å²) in [5.41, 5.74) is 10.2. The smallest absolute Gasteiger partial charge is 0.247 e. The second kappa shape index (κ2) is 8.01. The number of imidazole rings is 1. The first-order valence-electron chi connectivity index (χ1n) is 8.94. The third kappa shape index (κ3) is 3.42. The molecule has 30 heavy (non-hydrogen) atoms. The molecule has 4 unspecified atom stereocenters. The van der Waals surface area contributed by atoms with Gasteiger partial charge in [0.05, 0.1) is 30.8 Å². The molecule has 0 radical (unpaired) electrons. The zero-order chi connectivity index (χ0) is 21.3. The number of hydrogen-bond donors (Lipinski definition) is 5. The minimum atomic E-state index is -1.30. The summed E-state index contributed by atoms with van der Waals surface area (Å²) < 4.78 is 6.92. The van der Waals surface area contributed by atoms with Crippen LogP contribution < -0.4 is 11.2 Å². The standard InChI is InChI=1S/C18H18N8O4/c19-5-9-3-1-2-4-10(9)6-22-25-18-23-15(20)12-16(24-18)26(8-21-12)17-14(29)13(28)11(7-27)30-17/h1-4,6,8,11,13-14,17,27-29H,7H2,(H3,20,23,24,25)/b22-6+. The van der Waals surface area contributed by atoms with Crippen LogP contribution in [0.5, 0.6) is 0 Å². The Morgan fingerprint density at radius 1 is 1.30 bits per heavy atom. The number of nitriles is 1. The van der Waals surface area contributed by atoms with Crippen LogP contribution in [0.2, 0.25) is 0 Å². The molecule has 0 spiro atoms. The highest BCUT2D eigenvalue weighted by Crippen LogP contribution is 2.32. The number of nitrogens with zero attached hydrogens (tertiary/aromatic N) is 6. The van der Waals surface area contributed by atoms with Gasteiger partial charge >= 0.3 is 0 Å². The van der Waals surface area contributed by atoms with Crippen molar-refractivity contribution in [3.05, 3.63) is 41.7 Å². The molecule has 2 aromatic heterocycles. The monoisotopic (exact) mass is 410 g/mol. The zero-order valence-electron chi connectivity index (χ0n) is 15.5. The van der Waals surface area contributed by atoms with Gasteiger partial charge in [-0.05, 0) is 6.07 Å². The average molecular weight is 410 g/mol. The molecule has 12 nitrogen and oxygen atoms in total. The van der Waals surface area contributed by atoms with Crippen LogP contribution in [0.3, 0.4) is 0 Å². The molecule has 3 heterocycles. The molecule has 4 rings (SSSR count). The molecule has 0 bridgehead atoms. The number of rotatable bonds is 5. The van der Waals surface area contributed by atoms with Crippen molar-refractivity contribution >= 4 is 29.1 Å². The molecule has 0 aliphatic carbocycles. The van der Waals surface area contributed by atoms with Crippen LogP contribution in [0.4, 0.5) is 11.8 Å². The second-order valence-corrected chi connectivity index (χ2v) is 6.55. The van der Waals surface area contributed by atoms with Gasteiger partial charge in [-0.2, -0.15) is 20.3 Å². The van der Waals surface area contributed by atoms with Crippen molar-refractivity contribution in [3.63, 3.8) is 0 Å². The summed E-state index contributed by atoms with van der Waals surface area (Å²) in [5, 5.41) is 42.7. The fraction of sp³-hybridized carbons (Fsp3) is 0.278. The number of benzene rings is 1. The van der Waals surface area contributed by atoms with E-state index in [1.807, 2.05) is 0 Å². The van der Waals surface area contributed by atoms with E-state index in [1.165, 1.54) is 17.1 Å². The van der Waals surface area contributed by atoms with Crippen LogP contribution in [0.15, 0.2) is 35.7 Å². The van der Waals surface area contributed by atoms with Crippen molar-refractivity contribution in [1.82, 2.24) is 19.5 Å². The van der Waals surface area contributed by atoms with Gasteiger partial charge < -0.3 is 25.8 Å². The zero-order valence-corrected chi connectivity index (χ0v) is 15.5. The van der Waals surface area contributed by atoms with Crippen LogP contribution in [-0.4, -0.2) is 66.0 Å². The number of aromatic nitrogens is 4. The van der Waals surface area contributed by atoms with Crippen LogP contribution >= 0.6 is 0 Å². The Morgan fingerprint density at radius 2 is 2.10 bits per heavy atom. The number of hydrogen-bond acceptors (Lipinski definition) is 11. The van der Waals surface area contributed by atoms with Crippen molar-refractivity contribution in [1.29, 1.82) is 5.26 Å².